The Labute approximate surface area is 145 Å². The van der Waals surface area contributed by atoms with Crippen LogP contribution < -0.4 is 4.74 Å². The fourth-order valence-electron chi connectivity index (χ4n) is 2.13. The van der Waals surface area contributed by atoms with Crippen LogP contribution in [0, 0.1) is 11.3 Å². The molecule has 0 fully saturated rings. The maximum Gasteiger partial charge on any atom is 0.303 e. The van der Waals surface area contributed by atoms with Crippen LogP contribution in [-0.2, 0) is 9.63 Å². The summed E-state index contributed by atoms with van der Waals surface area (Å²) in [6.45, 7) is 0. The van der Waals surface area contributed by atoms with E-state index in [0.717, 1.165) is 11.1 Å². The van der Waals surface area contributed by atoms with Crippen molar-refractivity contribution in [3.63, 3.8) is 0 Å². The van der Waals surface area contributed by atoms with Gasteiger partial charge in [-0.1, -0.05) is 35.5 Å². The van der Waals surface area contributed by atoms with Gasteiger partial charge >= 0.3 is 5.97 Å². The lowest BCUT2D eigenvalue weighted by Crippen LogP contribution is -2.12. The second kappa shape index (κ2) is 9.08. The molecule has 0 aliphatic rings. The number of hydrogen-bond donors (Lipinski definition) is 1. The summed E-state index contributed by atoms with van der Waals surface area (Å²) in [6.07, 6.45) is -1.01. The van der Waals surface area contributed by atoms with Crippen molar-refractivity contribution in [1.82, 2.24) is 0 Å². The number of nitriles is 1. The third-order valence-electron chi connectivity index (χ3n) is 3.45. The molecule has 2 aromatic carbocycles. The fraction of sp³-hybridized carbons (Fsp3) is 0.211. The van der Waals surface area contributed by atoms with Crippen molar-refractivity contribution < 1.29 is 19.5 Å². The molecular formula is C19H18N2O4. The zero-order valence-electron chi connectivity index (χ0n) is 13.8. The van der Waals surface area contributed by atoms with Crippen LogP contribution in [0.25, 0.3) is 0 Å². The highest BCUT2D eigenvalue weighted by Crippen LogP contribution is 2.17. The highest BCUT2D eigenvalue weighted by Gasteiger charge is 2.13. The summed E-state index contributed by atoms with van der Waals surface area (Å²) < 4.78 is 5.15. The zero-order valence-corrected chi connectivity index (χ0v) is 13.8. The van der Waals surface area contributed by atoms with E-state index in [4.69, 9.17) is 19.9 Å². The molecule has 0 aliphatic carbocycles. The maximum atomic E-state index is 10.6. The Kier molecular flexibility index (Phi) is 6.55. The van der Waals surface area contributed by atoms with Gasteiger partial charge in [0.2, 0.25) is 6.10 Å². The van der Waals surface area contributed by atoms with Gasteiger partial charge in [-0.2, -0.15) is 5.26 Å². The molecular weight excluding hydrogens is 320 g/mol. The SMILES string of the molecule is COc1ccc(C(=NOC(C#N)CCC(=O)O)c2ccccc2)cc1. The average molecular weight is 338 g/mol. The Morgan fingerprint density at radius 1 is 1.16 bits per heavy atom. The van der Waals surface area contributed by atoms with Crippen molar-refractivity contribution in [2.75, 3.05) is 7.11 Å². The number of methoxy groups -OCH3 is 1. The van der Waals surface area contributed by atoms with Crippen LogP contribution in [0.4, 0.5) is 0 Å². The Morgan fingerprint density at radius 2 is 1.80 bits per heavy atom. The largest absolute Gasteiger partial charge is 0.497 e. The van der Waals surface area contributed by atoms with E-state index in [2.05, 4.69) is 5.16 Å². The van der Waals surface area contributed by atoms with Gasteiger partial charge in [-0.3, -0.25) is 4.79 Å². The van der Waals surface area contributed by atoms with Crippen LogP contribution in [0.5, 0.6) is 5.75 Å². The van der Waals surface area contributed by atoms with Crippen LogP contribution in [0.1, 0.15) is 24.0 Å². The summed E-state index contributed by atoms with van der Waals surface area (Å²) in [7, 11) is 1.59. The summed E-state index contributed by atoms with van der Waals surface area (Å²) >= 11 is 0. The molecule has 6 nitrogen and oxygen atoms in total. The summed E-state index contributed by atoms with van der Waals surface area (Å²) in [5.41, 5.74) is 2.17. The quantitative estimate of drug-likeness (QED) is 0.589. The standard InChI is InChI=1S/C19H18N2O4/c1-24-16-9-7-15(8-10-16)19(14-5-3-2-4-6-14)21-25-17(13-20)11-12-18(22)23/h2-10,17H,11-12H2,1H3,(H,22,23). The van der Waals surface area contributed by atoms with Gasteiger partial charge in [0.15, 0.2) is 0 Å². The molecule has 0 saturated heterocycles. The first-order chi connectivity index (χ1) is 12.1. The Balaban J connectivity index is 2.27. The van der Waals surface area contributed by atoms with E-state index in [1.165, 1.54) is 0 Å². The molecule has 0 bridgehead atoms. The maximum absolute atomic E-state index is 10.6. The van der Waals surface area contributed by atoms with Crippen molar-refractivity contribution in [3.8, 4) is 11.8 Å². The van der Waals surface area contributed by atoms with Crippen molar-refractivity contribution in [1.29, 1.82) is 5.26 Å². The predicted octanol–water partition coefficient (Wildman–Crippen LogP) is 3.22. The van der Waals surface area contributed by atoms with Crippen molar-refractivity contribution in [2.45, 2.75) is 18.9 Å². The number of ether oxygens (including phenoxy) is 1. The smallest absolute Gasteiger partial charge is 0.303 e. The molecule has 1 N–H and O–H groups in total. The molecule has 2 rings (SSSR count). The summed E-state index contributed by atoms with van der Waals surface area (Å²) in [6, 6.07) is 18.6. The van der Waals surface area contributed by atoms with Crippen molar-refractivity contribution in [2.24, 2.45) is 5.16 Å². The minimum Gasteiger partial charge on any atom is -0.497 e. The van der Waals surface area contributed by atoms with E-state index < -0.39 is 12.1 Å². The molecule has 0 aliphatic heterocycles. The molecule has 2 aromatic rings. The Bertz CT molecular complexity index is 764. The first-order valence-electron chi connectivity index (χ1n) is 7.69. The molecule has 0 amide bonds. The normalized spacial score (nSPS) is 12.1. The van der Waals surface area contributed by atoms with Gasteiger partial charge in [0.25, 0.3) is 0 Å². The van der Waals surface area contributed by atoms with Crippen molar-refractivity contribution >= 4 is 11.7 Å². The highest BCUT2D eigenvalue weighted by molar-refractivity contribution is 6.12. The van der Waals surface area contributed by atoms with Crippen molar-refractivity contribution in [3.05, 3.63) is 65.7 Å². The lowest BCUT2D eigenvalue weighted by Gasteiger charge is -2.10. The number of benzene rings is 2. The molecule has 6 heteroatoms. The molecule has 128 valence electrons. The van der Waals surface area contributed by atoms with E-state index in [-0.39, 0.29) is 12.8 Å². The number of hydrogen-bond acceptors (Lipinski definition) is 5. The Morgan fingerprint density at radius 3 is 2.36 bits per heavy atom. The van der Waals surface area contributed by atoms with Gasteiger partial charge in [-0.15, -0.1) is 0 Å². The van der Waals surface area contributed by atoms with Gasteiger partial charge in [0.05, 0.1) is 13.5 Å². The summed E-state index contributed by atoms with van der Waals surface area (Å²) in [5, 5.41) is 22.0. The number of nitrogens with zero attached hydrogens (tertiary/aromatic N) is 2. The van der Waals surface area contributed by atoms with E-state index in [1.807, 2.05) is 48.5 Å². The highest BCUT2D eigenvalue weighted by atomic mass is 16.6. The third kappa shape index (κ3) is 5.36. The number of aliphatic carboxylic acids is 1. The first kappa shape index (κ1) is 18.0. The molecule has 25 heavy (non-hydrogen) atoms. The molecule has 0 radical (unpaired) electrons. The number of rotatable bonds is 8. The minimum atomic E-state index is -0.980. The molecule has 1 atom stereocenters. The lowest BCUT2D eigenvalue weighted by molar-refractivity contribution is -0.137. The second-order valence-corrected chi connectivity index (χ2v) is 5.19. The van der Waals surface area contributed by atoms with Crippen LogP contribution >= 0.6 is 0 Å². The monoisotopic (exact) mass is 338 g/mol. The Hall–Kier alpha value is -3.33. The number of oxime groups is 1. The van der Waals surface area contributed by atoms with Crippen LogP contribution in [0.2, 0.25) is 0 Å². The van der Waals surface area contributed by atoms with Crippen LogP contribution in [0.15, 0.2) is 59.8 Å². The van der Waals surface area contributed by atoms with E-state index in [0.29, 0.717) is 11.5 Å². The molecule has 0 saturated carbocycles. The predicted molar refractivity (Wildman–Crippen MR) is 92.4 cm³/mol. The molecule has 0 aromatic heterocycles. The van der Waals surface area contributed by atoms with Gasteiger partial charge in [-0.25, -0.2) is 0 Å². The fourth-order valence-corrected chi connectivity index (χ4v) is 2.13. The summed E-state index contributed by atoms with van der Waals surface area (Å²) in [4.78, 5) is 16.0. The second-order valence-electron chi connectivity index (χ2n) is 5.19. The number of carbonyl (C=O) groups is 1. The average Bonchev–Trinajstić information content (AvgIpc) is 2.65. The third-order valence-corrected chi connectivity index (χ3v) is 3.45. The van der Waals surface area contributed by atoms with Crippen LogP contribution in [0.3, 0.4) is 0 Å². The number of carboxylic acid groups (broad SMARTS) is 1. The van der Waals surface area contributed by atoms with Crippen LogP contribution in [-0.4, -0.2) is 30.0 Å². The lowest BCUT2D eigenvalue weighted by atomic mass is 10.0. The van der Waals surface area contributed by atoms with Gasteiger partial charge in [0, 0.05) is 17.5 Å². The zero-order chi connectivity index (χ0) is 18.1. The van der Waals surface area contributed by atoms with Gasteiger partial charge in [0.1, 0.15) is 17.5 Å². The van der Waals surface area contributed by atoms with E-state index in [9.17, 15) is 4.79 Å². The number of carboxylic acids is 1. The topological polar surface area (TPSA) is 91.9 Å². The molecule has 0 heterocycles. The van der Waals surface area contributed by atoms with Gasteiger partial charge in [-0.05, 0) is 24.3 Å². The van der Waals surface area contributed by atoms with E-state index >= 15 is 0 Å². The van der Waals surface area contributed by atoms with Gasteiger partial charge < -0.3 is 14.7 Å². The summed E-state index contributed by atoms with van der Waals surface area (Å²) in [5.74, 6) is -0.264. The molecule has 0 spiro atoms. The molecule has 1 unspecified atom stereocenters. The minimum absolute atomic E-state index is 0.0695. The first-order valence-corrected chi connectivity index (χ1v) is 7.69. The van der Waals surface area contributed by atoms with E-state index in [1.54, 1.807) is 19.2 Å².